The smallest absolute Gasteiger partial charge is 0.241 e. The van der Waals surface area contributed by atoms with E-state index in [1.807, 2.05) is 25.5 Å². The van der Waals surface area contributed by atoms with Crippen LogP contribution >= 0.6 is 0 Å². The molecular formula is C24H29N7O2. The molecule has 172 valence electrons. The zero-order valence-electron chi connectivity index (χ0n) is 18.8. The van der Waals surface area contributed by atoms with E-state index in [2.05, 4.69) is 37.2 Å². The Kier molecular flexibility index (Phi) is 5.13. The van der Waals surface area contributed by atoms with Gasteiger partial charge in [-0.1, -0.05) is 0 Å². The number of aromatic nitrogens is 4. The highest BCUT2D eigenvalue weighted by atomic mass is 16.5. The molecule has 3 aliphatic rings. The minimum absolute atomic E-state index is 0.0842. The summed E-state index contributed by atoms with van der Waals surface area (Å²) in [6, 6.07) is 6.63. The number of nitrogens with one attached hydrogen (secondary N) is 2. The molecule has 0 spiro atoms. The number of amides is 1. The molecule has 0 aromatic carbocycles. The van der Waals surface area contributed by atoms with Crippen LogP contribution in [0.25, 0.3) is 22.3 Å². The van der Waals surface area contributed by atoms with Gasteiger partial charge in [0.1, 0.15) is 17.4 Å². The standard InChI is InChI=1S/C24H29N7O2/c1-15(17-10-22(32)27-13-17)33-24-23-20(28-14-31(23)18-3-4-18)11-19(29-24)16-2-5-21(26-12-16)30-8-6-25-7-9-30/h2,5,11-12,14-15,17-18,25H,3-4,6-10,13H2,1H3,(H,27,32)/t15-,17?/m1/s1. The first-order chi connectivity index (χ1) is 16.2. The van der Waals surface area contributed by atoms with E-state index in [-0.39, 0.29) is 17.9 Å². The summed E-state index contributed by atoms with van der Waals surface area (Å²) in [5, 5.41) is 6.28. The van der Waals surface area contributed by atoms with Crippen LogP contribution in [-0.2, 0) is 4.79 Å². The molecule has 9 heteroatoms. The maximum atomic E-state index is 11.7. The second-order valence-electron chi connectivity index (χ2n) is 9.30. The molecule has 2 N–H and O–H groups in total. The molecule has 1 saturated carbocycles. The molecule has 6 rings (SSSR count). The molecule has 33 heavy (non-hydrogen) atoms. The monoisotopic (exact) mass is 447 g/mol. The first kappa shape index (κ1) is 20.4. The predicted molar refractivity (Wildman–Crippen MR) is 125 cm³/mol. The number of pyridine rings is 2. The molecule has 5 heterocycles. The number of anilines is 1. The molecule has 3 fully saturated rings. The number of hydrogen-bond acceptors (Lipinski definition) is 7. The largest absolute Gasteiger partial charge is 0.473 e. The van der Waals surface area contributed by atoms with Crippen LogP contribution in [0.4, 0.5) is 5.82 Å². The number of hydrogen-bond donors (Lipinski definition) is 2. The van der Waals surface area contributed by atoms with Crippen LogP contribution < -0.4 is 20.3 Å². The third-order valence-corrected chi connectivity index (χ3v) is 6.92. The first-order valence-corrected chi connectivity index (χ1v) is 11.9. The van der Waals surface area contributed by atoms with E-state index in [1.165, 1.54) is 0 Å². The number of rotatable bonds is 6. The Labute approximate surface area is 192 Å². The highest BCUT2D eigenvalue weighted by molar-refractivity contribution is 5.85. The molecule has 0 bridgehead atoms. The average Bonchev–Trinajstić information content (AvgIpc) is 3.45. The van der Waals surface area contributed by atoms with E-state index in [1.54, 1.807) is 0 Å². The first-order valence-electron chi connectivity index (χ1n) is 11.9. The summed E-state index contributed by atoms with van der Waals surface area (Å²) in [5.41, 5.74) is 3.55. The predicted octanol–water partition coefficient (Wildman–Crippen LogP) is 2.14. The number of fused-ring (bicyclic) bond motifs is 1. The molecule has 1 amide bonds. The van der Waals surface area contributed by atoms with Crippen molar-refractivity contribution < 1.29 is 9.53 Å². The summed E-state index contributed by atoms with van der Waals surface area (Å²) in [5.74, 6) is 1.80. The van der Waals surface area contributed by atoms with Crippen molar-refractivity contribution in [3.8, 4) is 17.1 Å². The molecule has 2 aliphatic heterocycles. The van der Waals surface area contributed by atoms with Crippen LogP contribution in [0.1, 0.15) is 32.2 Å². The van der Waals surface area contributed by atoms with Gasteiger partial charge >= 0.3 is 0 Å². The third-order valence-electron chi connectivity index (χ3n) is 6.92. The van der Waals surface area contributed by atoms with Crippen LogP contribution in [0.2, 0.25) is 0 Å². The number of imidazole rings is 1. The molecule has 0 radical (unpaired) electrons. The SMILES string of the molecule is C[C@@H](Oc1nc(-c2ccc(N3CCNCC3)nc2)cc2ncn(C3CC3)c12)C1CNC(=O)C1. The van der Waals surface area contributed by atoms with E-state index in [0.717, 1.165) is 67.1 Å². The number of carbonyl (C=O) groups is 1. The third kappa shape index (κ3) is 4.01. The normalized spacial score (nSPS) is 21.9. The van der Waals surface area contributed by atoms with Crippen molar-refractivity contribution in [2.45, 2.75) is 38.3 Å². The van der Waals surface area contributed by atoms with Gasteiger partial charge in [-0.2, -0.15) is 0 Å². The van der Waals surface area contributed by atoms with Crippen molar-refractivity contribution >= 4 is 22.8 Å². The van der Waals surface area contributed by atoms with Crippen molar-refractivity contribution in [2.24, 2.45) is 5.92 Å². The average molecular weight is 448 g/mol. The van der Waals surface area contributed by atoms with Gasteiger partial charge < -0.3 is 24.8 Å². The van der Waals surface area contributed by atoms with Gasteiger partial charge in [0, 0.05) is 62.9 Å². The zero-order valence-corrected chi connectivity index (χ0v) is 18.8. The molecule has 2 saturated heterocycles. The highest BCUT2D eigenvalue weighted by Gasteiger charge is 2.31. The molecular weight excluding hydrogens is 418 g/mol. The Morgan fingerprint density at radius 2 is 2.03 bits per heavy atom. The summed E-state index contributed by atoms with van der Waals surface area (Å²) in [7, 11) is 0. The summed E-state index contributed by atoms with van der Waals surface area (Å²) in [6.45, 7) is 6.54. The Hall–Kier alpha value is -3.20. The van der Waals surface area contributed by atoms with E-state index in [9.17, 15) is 4.79 Å². The number of piperazine rings is 1. The maximum Gasteiger partial charge on any atom is 0.241 e. The Morgan fingerprint density at radius 1 is 1.18 bits per heavy atom. The quantitative estimate of drug-likeness (QED) is 0.598. The van der Waals surface area contributed by atoms with Gasteiger partial charge in [0.25, 0.3) is 0 Å². The van der Waals surface area contributed by atoms with Crippen LogP contribution in [0.15, 0.2) is 30.7 Å². The van der Waals surface area contributed by atoms with Crippen molar-refractivity contribution in [3.05, 3.63) is 30.7 Å². The Morgan fingerprint density at radius 3 is 2.73 bits per heavy atom. The van der Waals surface area contributed by atoms with Crippen LogP contribution in [0, 0.1) is 5.92 Å². The van der Waals surface area contributed by atoms with Gasteiger partial charge in [-0.15, -0.1) is 0 Å². The molecule has 2 atom stereocenters. The molecule has 1 unspecified atom stereocenters. The van der Waals surface area contributed by atoms with Crippen LogP contribution in [0.5, 0.6) is 5.88 Å². The van der Waals surface area contributed by atoms with Gasteiger partial charge in [0.15, 0.2) is 0 Å². The maximum absolute atomic E-state index is 11.7. The minimum Gasteiger partial charge on any atom is -0.473 e. The second-order valence-corrected chi connectivity index (χ2v) is 9.30. The Balaban J connectivity index is 1.33. The summed E-state index contributed by atoms with van der Waals surface area (Å²) < 4.78 is 8.61. The topological polar surface area (TPSA) is 97.2 Å². The highest BCUT2D eigenvalue weighted by Crippen LogP contribution is 2.40. The lowest BCUT2D eigenvalue weighted by atomic mass is 10.0. The lowest BCUT2D eigenvalue weighted by Crippen LogP contribution is -2.43. The number of nitrogens with zero attached hydrogens (tertiary/aromatic N) is 5. The number of ether oxygens (including phenoxy) is 1. The van der Waals surface area contributed by atoms with Gasteiger partial charge in [0.2, 0.25) is 11.8 Å². The van der Waals surface area contributed by atoms with E-state index in [0.29, 0.717) is 24.9 Å². The van der Waals surface area contributed by atoms with Gasteiger partial charge in [-0.25, -0.2) is 15.0 Å². The molecule has 3 aromatic rings. The van der Waals surface area contributed by atoms with Gasteiger partial charge in [-0.3, -0.25) is 4.79 Å². The summed E-state index contributed by atoms with van der Waals surface area (Å²) in [6.07, 6.45) is 6.45. The van der Waals surface area contributed by atoms with Crippen molar-refractivity contribution in [2.75, 3.05) is 37.6 Å². The number of carbonyl (C=O) groups excluding carboxylic acids is 1. The van der Waals surface area contributed by atoms with Crippen molar-refractivity contribution in [1.82, 2.24) is 30.2 Å². The second kappa shape index (κ2) is 8.30. The van der Waals surface area contributed by atoms with Crippen LogP contribution in [0.3, 0.4) is 0 Å². The van der Waals surface area contributed by atoms with Gasteiger partial charge in [0.05, 0.1) is 17.5 Å². The molecule has 9 nitrogen and oxygen atoms in total. The summed E-state index contributed by atoms with van der Waals surface area (Å²) >= 11 is 0. The lowest BCUT2D eigenvalue weighted by molar-refractivity contribution is -0.119. The zero-order chi connectivity index (χ0) is 22.4. The van der Waals surface area contributed by atoms with E-state index >= 15 is 0 Å². The molecule has 1 aliphatic carbocycles. The van der Waals surface area contributed by atoms with E-state index in [4.69, 9.17) is 14.7 Å². The Bertz CT molecular complexity index is 1170. The van der Waals surface area contributed by atoms with Gasteiger partial charge in [-0.05, 0) is 38.0 Å². The fraction of sp³-hybridized carbons (Fsp3) is 0.500. The van der Waals surface area contributed by atoms with Crippen molar-refractivity contribution in [3.63, 3.8) is 0 Å². The van der Waals surface area contributed by atoms with E-state index < -0.39 is 0 Å². The molecule has 3 aromatic heterocycles. The lowest BCUT2D eigenvalue weighted by Gasteiger charge is -2.28. The fourth-order valence-corrected chi connectivity index (χ4v) is 4.74. The fourth-order valence-electron chi connectivity index (χ4n) is 4.74. The van der Waals surface area contributed by atoms with Crippen molar-refractivity contribution in [1.29, 1.82) is 0 Å². The van der Waals surface area contributed by atoms with Crippen LogP contribution in [-0.4, -0.2) is 64.3 Å². The summed E-state index contributed by atoms with van der Waals surface area (Å²) in [4.78, 5) is 28.3. The minimum atomic E-state index is -0.134.